The van der Waals surface area contributed by atoms with Gasteiger partial charge >= 0.3 is 6.03 Å². The van der Waals surface area contributed by atoms with E-state index in [0.717, 1.165) is 49.2 Å². The van der Waals surface area contributed by atoms with Gasteiger partial charge < -0.3 is 9.80 Å². The van der Waals surface area contributed by atoms with E-state index in [1.54, 1.807) is 4.90 Å². The lowest BCUT2D eigenvalue weighted by atomic mass is 10.1. The first-order chi connectivity index (χ1) is 13.2. The maximum Gasteiger partial charge on any atom is 0.323 e. The summed E-state index contributed by atoms with van der Waals surface area (Å²) in [4.78, 5) is 35.3. The zero-order valence-electron chi connectivity index (χ0n) is 15.4. The van der Waals surface area contributed by atoms with Crippen LogP contribution in [0, 0.1) is 0 Å². The number of hydrogen-bond donors (Lipinski definition) is 1. The van der Waals surface area contributed by atoms with Crippen molar-refractivity contribution in [2.75, 3.05) is 51.1 Å². The normalized spacial score (nSPS) is 18.7. The lowest BCUT2D eigenvalue weighted by Crippen LogP contribution is -2.52. The van der Waals surface area contributed by atoms with Crippen LogP contribution in [0.15, 0.2) is 24.3 Å². The van der Waals surface area contributed by atoms with Crippen molar-refractivity contribution in [3.05, 3.63) is 24.3 Å². The number of rotatable bonds is 3. The molecule has 7 nitrogen and oxygen atoms in total. The number of amides is 3. The molecular weight excluding hydrogens is 362 g/mol. The molecular formula is C19H25N5O2S. The largest absolute Gasteiger partial charge is 0.342 e. The summed E-state index contributed by atoms with van der Waals surface area (Å²) in [5, 5.41) is 3.54. The SMILES string of the molecule is O=C(CN1CCN(C(=O)Nc2nc3ccccc3s2)CC1)N1CCCCC1. The zero-order chi connectivity index (χ0) is 18.6. The molecule has 2 aliphatic heterocycles. The number of carbonyl (C=O) groups is 2. The summed E-state index contributed by atoms with van der Waals surface area (Å²) in [6, 6.07) is 7.74. The quantitative estimate of drug-likeness (QED) is 0.878. The second kappa shape index (κ2) is 8.22. The number of urea groups is 1. The second-order valence-electron chi connectivity index (χ2n) is 7.12. The van der Waals surface area contributed by atoms with Crippen LogP contribution in [0.5, 0.6) is 0 Å². The van der Waals surface area contributed by atoms with Crippen molar-refractivity contribution in [3.63, 3.8) is 0 Å². The minimum atomic E-state index is -0.115. The van der Waals surface area contributed by atoms with Crippen LogP contribution >= 0.6 is 11.3 Å². The van der Waals surface area contributed by atoms with Crippen LogP contribution in [0.25, 0.3) is 10.2 Å². The van der Waals surface area contributed by atoms with Gasteiger partial charge in [0.1, 0.15) is 0 Å². The third-order valence-electron chi connectivity index (χ3n) is 5.23. The number of anilines is 1. The van der Waals surface area contributed by atoms with Crippen LogP contribution in [-0.2, 0) is 4.79 Å². The maximum absolute atomic E-state index is 12.5. The van der Waals surface area contributed by atoms with Gasteiger partial charge in [-0.2, -0.15) is 0 Å². The van der Waals surface area contributed by atoms with Gasteiger partial charge in [-0.05, 0) is 31.4 Å². The van der Waals surface area contributed by atoms with E-state index in [-0.39, 0.29) is 11.9 Å². The van der Waals surface area contributed by atoms with E-state index in [1.165, 1.54) is 17.8 Å². The zero-order valence-corrected chi connectivity index (χ0v) is 16.2. The standard InChI is InChI=1S/C19H25N5O2S/c25-17(23-8-4-1-5-9-23)14-22-10-12-24(13-11-22)19(26)21-18-20-15-6-2-3-7-16(15)27-18/h2-3,6-7H,1,4-5,8-14H2,(H,20,21,26). The smallest absolute Gasteiger partial charge is 0.323 e. The van der Waals surface area contributed by atoms with E-state index in [9.17, 15) is 9.59 Å². The minimum Gasteiger partial charge on any atom is -0.342 e. The summed E-state index contributed by atoms with van der Waals surface area (Å²) >= 11 is 1.48. The Morgan fingerprint density at radius 1 is 0.963 bits per heavy atom. The predicted octanol–water partition coefficient (Wildman–Crippen LogP) is 2.46. The maximum atomic E-state index is 12.5. The number of piperazine rings is 1. The molecule has 3 heterocycles. The molecule has 2 aromatic rings. The molecule has 144 valence electrons. The van der Waals surface area contributed by atoms with E-state index >= 15 is 0 Å². The molecule has 27 heavy (non-hydrogen) atoms. The Bertz CT molecular complexity index is 776. The molecule has 4 rings (SSSR count). The van der Waals surface area contributed by atoms with E-state index < -0.39 is 0 Å². The predicted molar refractivity (Wildman–Crippen MR) is 107 cm³/mol. The molecule has 0 aliphatic carbocycles. The second-order valence-corrected chi connectivity index (χ2v) is 8.15. The van der Waals surface area contributed by atoms with Gasteiger partial charge in [0.05, 0.1) is 16.8 Å². The van der Waals surface area contributed by atoms with Gasteiger partial charge in [-0.3, -0.25) is 15.0 Å². The Hall–Kier alpha value is -2.19. The highest BCUT2D eigenvalue weighted by Crippen LogP contribution is 2.25. The average Bonchev–Trinajstić information content (AvgIpc) is 3.11. The van der Waals surface area contributed by atoms with Crippen molar-refractivity contribution in [2.45, 2.75) is 19.3 Å². The molecule has 0 atom stereocenters. The van der Waals surface area contributed by atoms with Crippen LogP contribution in [0.2, 0.25) is 0 Å². The first kappa shape index (κ1) is 18.2. The molecule has 0 spiro atoms. The van der Waals surface area contributed by atoms with Crippen LogP contribution < -0.4 is 5.32 Å². The van der Waals surface area contributed by atoms with E-state index in [2.05, 4.69) is 15.2 Å². The van der Waals surface area contributed by atoms with E-state index in [0.29, 0.717) is 24.8 Å². The summed E-state index contributed by atoms with van der Waals surface area (Å²) in [5.41, 5.74) is 0.902. The molecule has 1 aromatic heterocycles. The topological polar surface area (TPSA) is 68.8 Å². The number of fused-ring (bicyclic) bond motifs is 1. The number of thiazole rings is 1. The minimum absolute atomic E-state index is 0.115. The molecule has 2 saturated heterocycles. The van der Waals surface area contributed by atoms with E-state index in [4.69, 9.17) is 0 Å². The highest BCUT2D eigenvalue weighted by molar-refractivity contribution is 7.22. The van der Waals surface area contributed by atoms with Gasteiger partial charge in [-0.25, -0.2) is 9.78 Å². The Morgan fingerprint density at radius 3 is 2.44 bits per heavy atom. The molecule has 1 aromatic carbocycles. The number of para-hydroxylation sites is 1. The molecule has 1 N–H and O–H groups in total. The molecule has 3 amide bonds. The fourth-order valence-corrected chi connectivity index (χ4v) is 4.50. The summed E-state index contributed by atoms with van der Waals surface area (Å²) in [6.45, 7) is 4.97. The highest BCUT2D eigenvalue weighted by Gasteiger charge is 2.25. The molecule has 8 heteroatoms. The van der Waals surface area contributed by atoms with Crippen molar-refractivity contribution in [3.8, 4) is 0 Å². The first-order valence-corrected chi connectivity index (χ1v) is 10.4. The fourth-order valence-electron chi connectivity index (χ4n) is 3.64. The molecule has 0 bridgehead atoms. The molecule has 0 saturated carbocycles. The highest BCUT2D eigenvalue weighted by atomic mass is 32.1. The summed E-state index contributed by atoms with van der Waals surface area (Å²) in [7, 11) is 0. The average molecular weight is 388 g/mol. The van der Waals surface area contributed by atoms with Gasteiger partial charge in [0.25, 0.3) is 0 Å². The molecule has 2 fully saturated rings. The van der Waals surface area contributed by atoms with Gasteiger partial charge in [0.15, 0.2) is 5.13 Å². The van der Waals surface area contributed by atoms with Crippen molar-refractivity contribution in [1.29, 1.82) is 0 Å². The number of nitrogens with zero attached hydrogens (tertiary/aromatic N) is 4. The Morgan fingerprint density at radius 2 is 1.70 bits per heavy atom. The van der Waals surface area contributed by atoms with Crippen LogP contribution in [0.3, 0.4) is 0 Å². The van der Waals surface area contributed by atoms with Gasteiger partial charge in [-0.1, -0.05) is 23.5 Å². The van der Waals surface area contributed by atoms with Gasteiger partial charge in [0, 0.05) is 39.3 Å². The van der Waals surface area contributed by atoms with Crippen LogP contribution in [0.4, 0.5) is 9.93 Å². The number of hydrogen-bond acceptors (Lipinski definition) is 5. The van der Waals surface area contributed by atoms with Gasteiger partial charge in [0.2, 0.25) is 5.91 Å². The molecule has 2 aliphatic rings. The molecule has 0 radical (unpaired) electrons. The Balaban J connectivity index is 1.25. The number of likely N-dealkylation sites (tertiary alicyclic amines) is 1. The van der Waals surface area contributed by atoms with Crippen molar-refractivity contribution in [2.24, 2.45) is 0 Å². The van der Waals surface area contributed by atoms with Crippen LogP contribution in [0.1, 0.15) is 19.3 Å². The monoisotopic (exact) mass is 387 g/mol. The van der Waals surface area contributed by atoms with Crippen molar-refractivity contribution >= 4 is 38.6 Å². The third-order valence-corrected chi connectivity index (χ3v) is 6.19. The lowest BCUT2D eigenvalue weighted by Gasteiger charge is -2.35. The third kappa shape index (κ3) is 4.39. The number of benzene rings is 1. The Labute approximate surface area is 162 Å². The molecule has 0 unspecified atom stereocenters. The van der Waals surface area contributed by atoms with Gasteiger partial charge in [-0.15, -0.1) is 0 Å². The number of piperidine rings is 1. The number of aromatic nitrogens is 1. The summed E-state index contributed by atoms with van der Waals surface area (Å²) in [5.74, 6) is 0.224. The Kier molecular flexibility index (Phi) is 5.54. The lowest BCUT2D eigenvalue weighted by molar-refractivity contribution is -0.133. The number of nitrogens with one attached hydrogen (secondary N) is 1. The first-order valence-electron chi connectivity index (χ1n) is 9.61. The summed E-state index contributed by atoms with van der Waals surface area (Å²) in [6.07, 6.45) is 3.46. The van der Waals surface area contributed by atoms with Crippen molar-refractivity contribution < 1.29 is 9.59 Å². The fraction of sp³-hybridized carbons (Fsp3) is 0.526. The van der Waals surface area contributed by atoms with Crippen molar-refractivity contribution in [1.82, 2.24) is 19.7 Å². The number of carbonyl (C=O) groups excluding carboxylic acids is 2. The van der Waals surface area contributed by atoms with E-state index in [1.807, 2.05) is 29.2 Å². The summed E-state index contributed by atoms with van der Waals surface area (Å²) < 4.78 is 1.06. The van der Waals surface area contributed by atoms with Crippen LogP contribution in [-0.4, -0.2) is 77.4 Å².